The first-order valence-corrected chi connectivity index (χ1v) is 11.1. The van der Waals surface area contributed by atoms with Crippen molar-refractivity contribution in [3.05, 3.63) is 53.1 Å². The highest BCUT2D eigenvalue weighted by atomic mass is 31.2. The zero-order chi connectivity index (χ0) is 22.1. The number of rotatable bonds is 10. The van der Waals surface area contributed by atoms with E-state index in [1.54, 1.807) is 38.1 Å². The number of carbonyl (C=O) groups excluding carboxylic acids is 1. The van der Waals surface area contributed by atoms with Crippen LogP contribution in [0.2, 0.25) is 0 Å². The lowest BCUT2D eigenvalue weighted by atomic mass is 10.1. The molecular weight excluding hydrogens is 407 g/mol. The molecule has 0 aliphatic carbocycles. The summed E-state index contributed by atoms with van der Waals surface area (Å²) in [5.41, 5.74) is 1.65. The van der Waals surface area contributed by atoms with Crippen molar-refractivity contribution in [1.29, 1.82) is 5.26 Å². The van der Waals surface area contributed by atoms with Crippen molar-refractivity contribution in [3.63, 3.8) is 0 Å². The number of hydrogen-bond donors (Lipinski definition) is 1. The van der Waals surface area contributed by atoms with Crippen molar-refractivity contribution in [2.45, 2.75) is 20.0 Å². The Morgan fingerprint density at radius 3 is 2.10 bits per heavy atom. The molecule has 0 aliphatic heterocycles. The maximum atomic E-state index is 12.6. The van der Waals surface area contributed by atoms with Crippen LogP contribution in [0.5, 0.6) is 11.5 Å². The smallest absolute Gasteiger partial charge is 0.335 e. The third-order valence-corrected chi connectivity index (χ3v) is 6.19. The van der Waals surface area contributed by atoms with Gasteiger partial charge in [-0.3, -0.25) is 9.36 Å². The fraction of sp³-hybridized carbons (Fsp3) is 0.333. The minimum absolute atomic E-state index is 0.116. The summed E-state index contributed by atoms with van der Waals surface area (Å²) < 4.78 is 33.7. The van der Waals surface area contributed by atoms with Crippen molar-refractivity contribution < 1.29 is 27.9 Å². The fourth-order valence-electron chi connectivity index (χ4n) is 2.78. The Kier molecular flexibility index (Phi) is 8.43. The van der Waals surface area contributed by atoms with Gasteiger partial charge >= 0.3 is 7.60 Å². The number of nitrogens with one attached hydrogen (secondary N) is 1. The van der Waals surface area contributed by atoms with Crippen LogP contribution in [-0.2, 0) is 19.8 Å². The van der Waals surface area contributed by atoms with Gasteiger partial charge in [0.05, 0.1) is 44.8 Å². The first kappa shape index (κ1) is 23.4. The SMILES string of the molecule is CCOP(=O)(Cc1ccc(C(=O)Nc2cc(OC)c(OC)cc2C#N)cc1)OCC. The summed E-state index contributed by atoms with van der Waals surface area (Å²) in [6, 6.07) is 11.7. The maximum Gasteiger partial charge on any atom is 0.335 e. The molecule has 8 nitrogen and oxygen atoms in total. The van der Waals surface area contributed by atoms with E-state index in [4.69, 9.17) is 18.5 Å². The number of carbonyl (C=O) groups is 1. The van der Waals surface area contributed by atoms with Gasteiger partial charge in [0.1, 0.15) is 6.07 Å². The Hall–Kier alpha value is -2.85. The summed E-state index contributed by atoms with van der Waals surface area (Å²) in [6.45, 7) is 4.07. The summed E-state index contributed by atoms with van der Waals surface area (Å²) in [6.07, 6.45) is 0.116. The van der Waals surface area contributed by atoms with Gasteiger partial charge in [-0.05, 0) is 31.5 Å². The van der Waals surface area contributed by atoms with Gasteiger partial charge in [0.2, 0.25) is 0 Å². The van der Waals surface area contributed by atoms with Crippen LogP contribution in [0.15, 0.2) is 36.4 Å². The highest BCUT2D eigenvalue weighted by Gasteiger charge is 2.24. The molecule has 0 fully saturated rings. The third kappa shape index (κ3) is 5.83. The molecule has 0 aromatic heterocycles. The molecule has 9 heteroatoms. The number of methoxy groups -OCH3 is 2. The van der Waals surface area contributed by atoms with E-state index in [-0.39, 0.29) is 24.9 Å². The molecule has 0 saturated carbocycles. The molecule has 0 radical (unpaired) electrons. The predicted molar refractivity (Wildman–Crippen MR) is 113 cm³/mol. The molecule has 0 saturated heterocycles. The van der Waals surface area contributed by atoms with Gasteiger partial charge in [0.25, 0.3) is 5.91 Å². The average Bonchev–Trinajstić information content (AvgIpc) is 2.74. The van der Waals surface area contributed by atoms with Crippen LogP contribution in [0.25, 0.3) is 0 Å². The van der Waals surface area contributed by atoms with Crippen LogP contribution in [0, 0.1) is 11.3 Å². The monoisotopic (exact) mass is 432 g/mol. The Labute approximate surface area is 176 Å². The predicted octanol–water partition coefficient (Wildman–Crippen LogP) is 4.59. The van der Waals surface area contributed by atoms with Crippen molar-refractivity contribution >= 4 is 19.2 Å². The van der Waals surface area contributed by atoms with E-state index in [1.807, 2.05) is 6.07 Å². The lowest BCUT2D eigenvalue weighted by Crippen LogP contribution is -2.13. The molecule has 0 aliphatic rings. The van der Waals surface area contributed by atoms with Gasteiger partial charge in [0.15, 0.2) is 11.5 Å². The number of nitriles is 1. The molecule has 160 valence electrons. The normalized spacial score (nSPS) is 10.9. The molecule has 30 heavy (non-hydrogen) atoms. The van der Waals surface area contributed by atoms with Crippen LogP contribution in [-0.4, -0.2) is 33.3 Å². The van der Waals surface area contributed by atoms with Crippen LogP contribution in [0.1, 0.15) is 35.3 Å². The van der Waals surface area contributed by atoms with Gasteiger partial charge in [-0.15, -0.1) is 0 Å². The van der Waals surface area contributed by atoms with E-state index < -0.39 is 13.5 Å². The maximum absolute atomic E-state index is 12.6. The molecule has 2 aromatic rings. The quantitative estimate of drug-likeness (QED) is 0.547. The van der Waals surface area contributed by atoms with Crippen LogP contribution < -0.4 is 14.8 Å². The van der Waals surface area contributed by atoms with Crippen molar-refractivity contribution in [3.8, 4) is 17.6 Å². The Morgan fingerprint density at radius 1 is 1.03 bits per heavy atom. The second kappa shape index (κ2) is 10.8. The Balaban J connectivity index is 2.19. The second-order valence-corrected chi connectivity index (χ2v) is 8.17. The fourth-order valence-corrected chi connectivity index (χ4v) is 4.48. The minimum Gasteiger partial charge on any atom is -0.493 e. The molecular formula is C21H25N2O6P. The summed E-state index contributed by atoms with van der Waals surface area (Å²) >= 11 is 0. The number of ether oxygens (including phenoxy) is 2. The largest absolute Gasteiger partial charge is 0.493 e. The molecule has 0 unspecified atom stereocenters. The molecule has 1 N–H and O–H groups in total. The Morgan fingerprint density at radius 2 is 1.60 bits per heavy atom. The van der Waals surface area contributed by atoms with E-state index in [2.05, 4.69) is 5.32 Å². The number of benzene rings is 2. The number of hydrogen-bond acceptors (Lipinski definition) is 7. The summed E-state index contributed by atoms with van der Waals surface area (Å²) in [5, 5.41) is 12.1. The molecule has 2 rings (SSSR count). The topological polar surface area (TPSA) is 107 Å². The van der Waals surface area contributed by atoms with Crippen LogP contribution in [0.3, 0.4) is 0 Å². The first-order valence-electron chi connectivity index (χ1n) is 9.34. The number of anilines is 1. The van der Waals surface area contributed by atoms with E-state index in [0.29, 0.717) is 22.7 Å². The number of amides is 1. The van der Waals surface area contributed by atoms with Gasteiger partial charge in [-0.25, -0.2) is 0 Å². The van der Waals surface area contributed by atoms with E-state index >= 15 is 0 Å². The van der Waals surface area contributed by atoms with Gasteiger partial charge in [-0.2, -0.15) is 5.26 Å². The highest BCUT2D eigenvalue weighted by molar-refractivity contribution is 7.53. The van der Waals surface area contributed by atoms with E-state index in [1.165, 1.54) is 26.4 Å². The zero-order valence-electron chi connectivity index (χ0n) is 17.4. The molecule has 0 spiro atoms. The molecule has 2 aromatic carbocycles. The van der Waals surface area contributed by atoms with Crippen molar-refractivity contribution in [2.75, 3.05) is 32.8 Å². The molecule has 0 atom stereocenters. The summed E-state index contributed by atoms with van der Waals surface area (Å²) in [5.74, 6) is 0.386. The minimum atomic E-state index is -3.22. The van der Waals surface area contributed by atoms with Crippen LogP contribution >= 0.6 is 7.60 Å². The number of nitrogens with zero attached hydrogens (tertiary/aromatic N) is 1. The van der Waals surface area contributed by atoms with E-state index in [9.17, 15) is 14.6 Å². The molecule has 1 amide bonds. The van der Waals surface area contributed by atoms with Gasteiger partial charge in [0, 0.05) is 17.7 Å². The lowest BCUT2D eigenvalue weighted by molar-refractivity contribution is 0.102. The lowest BCUT2D eigenvalue weighted by Gasteiger charge is -2.17. The second-order valence-electron chi connectivity index (χ2n) is 6.12. The standard InChI is InChI=1S/C21H25N2O6P/c1-5-28-30(25,29-6-2)14-15-7-9-16(10-8-15)21(24)23-18-12-20(27-4)19(26-3)11-17(18)13-22/h7-12H,5-6,14H2,1-4H3,(H,23,24). The first-order chi connectivity index (χ1) is 14.4. The van der Waals surface area contributed by atoms with Crippen molar-refractivity contribution in [1.82, 2.24) is 0 Å². The molecule has 0 heterocycles. The molecule has 0 bridgehead atoms. The third-order valence-electron chi connectivity index (χ3n) is 4.14. The van der Waals surface area contributed by atoms with Gasteiger partial charge < -0.3 is 23.8 Å². The van der Waals surface area contributed by atoms with Gasteiger partial charge in [-0.1, -0.05) is 12.1 Å². The Bertz CT molecular complexity index is 959. The highest BCUT2D eigenvalue weighted by Crippen LogP contribution is 2.51. The summed E-state index contributed by atoms with van der Waals surface area (Å²) in [4.78, 5) is 12.6. The van der Waals surface area contributed by atoms with Crippen molar-refractivity contribution in [2.24, 2.45) is 0 Å². The van der Waals surface area contributed by atoms with E-state index in [0.717, 1.165) is 5.56 Å². The van der Waals surface area contributed by atoms with Crippen LogP contribution in [0.4, 0.5) is 5.69 Å². The average molecular weight is 432 g/mol. The summed E-state index contributed by atoms with van der Waals surface area (Å²) in [7, 11) is -0.288. The zero-order valence-corrected chi connectivity index (χ0v) is 18.3.